The average Bonchev–Trinajstić information content (AvgIpc) is 2.92. The Morgan fingerprint density at radius 3 is 2.90 bits per heavy atom. The number of benzene rings is 2. The Morgan fingerprint density at radius 1 is 1.15 bits per heavy atom. The normalized spacial score (nSPS) is 12.7. The largest absolute Gasteiger partial charge is 0.454 e. The van der Waals surface area contributed by atoms with Crippen LogP contribution in [0.3, 0.4) is 0 Å². The molecular formula is C16H16BrNO2. The number of ether oxygens (including phenoxy) is 2. The van der Waals surface area contributed by atoms with Gasteiger partial charge in [-0.25, -0.2) is 0 Å². The van der Waals surface area contributed by atoms with E-state index in [-0.39, 0.29) is 0 Å². The summed E-state index contributed by atoms with van der Waals surface area (Å²) in [5, 5.41) is 3.44. The molecule has 0 atom stereocenters. The van der Waals surface area contributed by atoms with Gasteiger partial charge in [0.25, 0.3) is 0 Å². The van der Waals surface area contributed by atoms with Gasteiger partial charge in [-0.05, 0) is 30.2 Å². The Bertz CT molecular complexity index is 628. The Labute approximate surface area is 127 Å². The van der Waals surface area contributed by atoms with Crippen LogP contribution < -0.4 is 14.8 Å². The van der Waals surface area contributed by atoms with Crippen molar-refractivity contribution >= 4 is 15.9 Å². The SMILES string of the molecule is Cc1ccc(CNCc2cccc3c2OCO3)cc1Br. The van der Waals surface area contributed by atoms with Gasteiger partial charge in [0.2, 0.25) is 6.79 Å². The minimum atomic E-state index is 0.317. The van der Waals surface area contributed by atoms with Crippen LogP contribution in [-0.2, 0) is 13.1 Å². The lowest BCUT2D eigenvalue weighted by molar-refractivity contribution is 0.173. The fourth-order valence-electron chi connectivity index (χ4n) is 2.22. The number of nitrogens with one attached hydrogen (secondary N) is 1. The van der Waals surface area contributed by atoms with E-state index in [1.54, 1.807) is 0 Å². The number of fused-ring (bicyclic) bond motifs is 1. The highest BCUT2D eigenvalue weighted by Gasteiger charge is 2.16. The van der Waals surface area contributed by atoms with Crippen LogP contribution in [0, 0.1) is 6.92 Å². The monoisotopic (exact) mass is 333 g/mol. The maximum absolute atomic E-state index is 5.50. The summed E-state index contributed by atoms with van der Waals surface area (Å²) in [6.45, 7) is 3.99. The highest BCUT2D eigenvalue weighted by Crippen LogP contribution is 2.35. The molecule has 0 saturated heterocycles. The molecule has 0 saturated carbocycles. The summed E-state index contributed by atoms with van der Waals surface area (Å²) < 4.78 is 12.0. The molecule has 0 spiro atoms. The molecule has 0 bridgehead atoms. The molecular weight excluding hydrogens is 318 g/mol. The van der Waals surface area contributed by atoms with E-state index in [0.717, 1.165) is 34.6 Å². The molecule has 1 N–H and O–H groups in total. The van der Waals surface area contributed by atoms with Gasteiger partial charge in [0.1, 0.15) is 0 Å². The predicted molar refractivity (Wildman–Crippen MR) is 82.0 cm³/mol. The van der Waals surface area contributed by atoms with Crippen molar-refractivity contribution in [2.24, 2.45) is 0 Å². The first-order chi connectivity index (χ1) is 9.74. The van der Waals surface area contributed by atoms with Crippen molar-refractivity contribution in [1.82, 2.24) is 5.32 Å². The second-order valence-electron chi connectivity index (χ2n) is 4.84. The summed E-state index contributed by atoms with van der Waals surface area (Å²) >= 11 is 3.56. The quantitative estimate of drug-likeness (QED) is 0.923. The lowest BCUT2D eigenvalue weighted by Crippen LogP contribution is -2.13. The molecule has 0 fully saturated rings. The Kier molecular flexibility index (Phi) is 3.94. The molecule has 0 aliphatic carbocycles. The van der Waals surface area contributed by atoms with E-state index in [2.05, 4.69) is 52.4 Å². The average molecular weight is 334 g/mol. The van der Waals surface area contributed by atoms with Crippen molar-refractivity contribution in [2.75, 3.05) is 6.79 Å². The van der Waals surface area contributed by atoms with E-state index in [0.29, 0.717) is 6.79 Å². The molecule has 2 aromatic carbocycles. The Hall–Kier alpha value is -1.52. The number of halogens is 1. The zero-order valence-corrected chi connectivity index (χ0v) is 12.9. The highest BCUT2D eigenvalue weighted by atomic mass is 79.9. The third-order valence-electron chi connectivity index (χ3n) is 3.36. The summed E-state index contributed by atoms with van der Waals surface area (Å²) in [5.41, 5.74) is 3.64. The minimum absolute atomic E-state index is 0.317. The minimum Gasteiger partial charge on any atom is -0.454 e. The fourth-order valence-corrected chi connectivity index (χ4v) is 2.64. The third kappa shape index (κ3) is 2.81. The Morgan fingerprint density at radius 2 is 2.05 bits per heavy atom. The molecule has 1 aliphatic heterocycles. The first-order valence-corrected chi connectivity index (χ1v) is 7.36. The third-order valence-corrected chi connectivity index (χ3v) is 4.21. The van der Waals surface area contributed by atoms with Gasteiger partial charge >= 0.3 is 0 Å². The zero-order valence-electron chi connectivity index (χ0n) is 11.3. The summed E-state index contributed by atoms with van der Waals surface area (Å²) in [5.74, 6) is 1.70. The standard InChI is InChI=1S/C16H16BrNO2/c1-11-5-6-12(7-14(11)17)8-18-9-13-3-2-4-15-16(13)20-10-19-15/h2-7,18H,8-10H2,1H3. The number of hydrogen-bond acceptors (Lipinski definition) is 3. The molecule has 0 aromatic heterocycles. The van der Waals surface area contributed by atoms with Gasteiger partial charge in [0, 0.05) is 23.1 Å². The van der Waals surface area contributed by atoms with Crippen molar-refractivity contribution in [1.29, 1.82) is 0 Å². The molecule has 0 amide bonds. The van der Waals surface area contributed by atoms with Crippen LogP contribution in [0.5, 0.6) is 11.5 Å². The number of aryl methyl sites for hydroxylation is 1. The zero-order chi connectivity index (χ0) is 13.9. The van der Waals surface area contributed by atoms with E-state index in [9.17, 15) is 0 Å². The number of rotatable bonds is 4. The van der Waals surface area contributed by atoms with Crippen LogP contribution in [0.4, 0.5) is 0 Å². The molecule has 1 aliphatic rings. The van der Waals surface area contributed by atoms with Crippen molar-refractivity contribution in [3.63, 3.8) is 0 Å². The topological polar surface area (TPSA) is 30.5 Å². The maximum atomic E-state index is 5.50. The van der Waals surface area contributed by atoms with Gasteiger partial charge < -0.3 is 14.8 Å². The molecule has 3 rings (SSSR count). The van der Waals surface area contributed by atoms with E-state index in [4.69, 9.17) is 9.47 Å². The van der Waals surface area contributed by atoms with E-state index in [1.807, 2.05) is 12.1 Å². The first-order valence-electron chi connectivity index (χ1n) is 6.57. The lowest BCUT2D eigenvalue weighted by Gasteiger charge is -2.09. The molecule has 0 unspecified atom stereocenters. The van der Waals surface area contributed by atoms with E-state index < -0.39 is 0 Å². The first kappa shape index (κ1) is 13.5. The number of hydrogen-bond donors (Lipinski definition) is 1. The maximum Gasteiger partial charge on any atom is 0.231 e. The van der Waals surface area contributed by atoms with Gasteiger partial charge in [0.05, 0.1) is 0 Å². The summed E-state index contributed by atoms with van der Waals surface area (Å²) in [6.07, 6.45) is 0. The summed E-state index contributed by atoms with van der Waals surface area (Å²) in [7, 11) is 0. The summed E-state index contributed by atoms with van der Waals surface area (Å²) in [4.78, 5) is 0. The molecule has 3 nitrogen and oxygen atoms in total. The van der Waals surface area contributed by atoms with Crippen molar-refractivity contribution < 1.29 is 9.47 Å². The van der Waals surface area contributed by atoms with Crippen LogP contribution in [0.1, 0.15) is 16.7 Å². The van der Waals surface area contributed by atoms with Crippen molar-refractivity contribution in [3.8, 4) is 11.5 Å². The van der Waals surface area contributed by atoms with Gasteiger partial charge in [-0.15, -0.1) is 0 Å². The van der Waals surface area contributed by atoms with Crippen molar-refractivity contribution in [2.45, 2.75) is 20.0 Å². The van der Waals surface area contributed by atoms with Gasteiger partial charge in [-0.2, -0.15) is 0 Å². The van der Waals surface area contributed by atoms with Crippen LogP contribution in [0.15, 0.2) is 40.9 Å². The van der Waals surface area contributed by atoms with Crippen LogP contribution in [0.25, 0.3) is 0 Å². The van der Waals surface area contributed by atoms with Crippen molar-refractivity contribution in [3.05, 3.63) is 57.6 Å². The predicted octanol–water partition coefficient (Wildman–Crippen LogP) is 3.78. The smallest absolute Gasteiger partial charge is 0.231 e. The molecule has 1 heterocycles. The van der Waals surface area contributed by atoms with Gasteiger partial charge in [-0.3, -0.25) is 0 Å². The van der Waals surface area contributed by atoms with Crippen LogP contribution in [-0.4, -0.2) is 6.79 Å². The number of para-hydroxylation sites is 1. The fraction of sp³-hybridized carbons (Fsp3) is 0.250. The second kappa shape index (κ2) is 5.85. The lowest BCUT2D eigenvalue weighted by atomic mass is 10.1. The highest BCUT2D eigenvalue weighted by molar-refractivity contribution is 9.10. The van der Waals surface area contributed by atoms with E-state index >= 15 is 0 Å². The molecule has 20 heavy (non-hydrogen) atoms. The van der Waals surface area contributed by atoms with Crippen LogP contribution in [0.2, 0.25) is 0 Å². The molecule has 4 heteroatoms. The molecule has 0 radical (unpaired) electrons. The summed E-state index contributed by atoms with van der Waals surface area (Å²) in [6, 6.07) is 12.4. The second-order valence-corrected chi connectivity index (χ2v) is 5.69. The Balaban J connectivity index is 1.63. The molecule has 104 valence electrons. The van der Waals surface area contributed by atoms with Gasteiger partial charge in [0.15, 0.2) is 11.5 Å². The van der Waals surface area contributed by atoms with E-state index in [1.165, 1.54) is 11.1 Å². The van der Waals surface area contributed by atoms with Crippen LogP contribution >= 0.6 is 15.9 Å². The molecule has 2 aromatic rings. The van der Waals surface area contributed by atoms with Gasteiger partial charge in [-0.1, -0.05) is 40.2 Å².